The van der Waals surface area contributed by atoms with Gasteiger partial charge in [0.05, 0.1) is 0 Å². The second-order valence-electron chi connectivity index (χ2n) is 3.36. The van der Waals surface area contributed by atoms with E-state index in [1.54, 1.807) is 11.8 Å². The Hall–Kier alpha value is 0.660. The van der Waals surface area contributed by atoms with E-state index in [-0.39, 0.29) is 0 Å². The van der Waals surface area contributed by atoms with E-state index in [0.29, 0.717) is 15.7 Å². The number of thioether (sulfide) groups is 2. The molecule has 0 amide bonds. The second-order valence-corrected chi connectivity index (χ2v) is 6.89. The van der Waals surface area contributed by atoms with Crippen LogP contribution in [0.15, 0.2) is 0 Å². The number of hydrogen-bond donors (Lipinski definition) is 1. The van der Waals surface area contributed by atoms with E-state index in [1.807, 2.05) is 18.7 Å². The van der Waals surface area contributed by atoms with Crippen molar-refractivity contribution in [1.29, 1.82) is 0 Å². The molecule has 1 N–H and O–H groups in total. The number of rotatable bonds is 0. The van der Waals surface area contributed by atoms with Gasteiger partial charge in [0.15, 0.2) is 0 Å². The topological polar surface area (TPSA) is 20.2 Å². The predicted octanol–water partition coefficient (Wildman–Crippen LogP) is 2.34. The molecule has 4 unspecified atom stereocenters. The van der Waals surface area contributed by atoms with E-state index in [1.165, 1.54) is 0 Å². The van der Waals surface area contributed by atoms with Gasteiger partial charge in [-0.2, -0.15) is 11.8 Å². The molecule has 0 aromatic heterocycles. The van der Waals surface area contributed by atoms with Gasteiger partial charge in [0.25, 0.3) is 0 Å². The molecule has 0 spiro atoms. The smallest absolute Gasteiger partial charge is 0.119 e. The molecule has 0 saturated carbocycles. The highest BCUT2D eigenvalue weighted by molar-refractivity contribution is 8.08. The highest BCUT2D eigenvalue weighted by atomic mass is 32.2. The molecule has 1 nitrogen and oxygen atoms in total. The minimum absolute atomic E-state index is 0.346. The van der Waals surface area contributed by atoms with Crippen LogP contribution in [0, 0.1) is 0 Å². The molecule has 66 valence electrons. The quantitative estimate of drug-likeness (QED) is 0.636. The Morgan fingerprint density at radius 3 is 2.18 bits per heavy atom. The molecule has 3 heteroatoms. The average Bonchev–Trinajstić information content (AvgIpc) is 1.83. The largest absolute Gasteiger partial charge is 0.379 e. The summed E-state index contributed by atoms with van der Waals surface area (Å²) >= 11 is 3.58. The fourth-order valence-corrected chi connectivity index (χ4v) is 4.07. The first-order chi connectivity index (χ1) is 4.93. The van der Waals surface area contributed by atoms with E-state index < -0.39 is 4.93 Å². The van der Waals surface area contributed by atoms with Crippen LogP contribution in [0.25, 0.3) is 0 Å². The van der Waals surface area contributed by atoms with E-state index in [4.69, 9.17) is 0 Å². The Bertz CT molecular complexity index is 147. The maximum absolute atomic E-state index is 9.87. The van der Waals surface area contributed by atoms with Crippen molar-refractivity contribution in [3.05, 3.63) is 0 Å². The molecule has 1 aliphatic heterocycles. The first-order valence-corrected chi connectivity index (χ1v) is 5.81. The molecular weight excluding hydrogens is 176 g/mol. The van der Waals surface area contributed by atoms with Gasteiger partial charge in [-0.25, -0.2) is 0 Å². The average molecular weight is 192 g/mol. The van der Waals surface area contributed by atoms with Gasteiger partial charge < -0.3 is 5.11 Å². The van der Waals surface area contributed by atoms with Gasteiger partial charge in [-0.05, 0) is 13.8 Å². The maximum Gasteiger partial charge on any atom is 0.119 e. The summed E-state index contributed by atoms with van der Waals surface area (Å²) in [5.41, 5.74) is 0. The summed E-state index contributed by atoms with van der Waals surface area (Å²) in [7, 11) is 0. The zero-order valence-electron chi connectivity index (χ0n) is 7.50. The summed E-state index contributed by atoms with van der Waals surface area (Å²) < 4.78 is 0. The van der Waals surface area contributed by atoms with Crippen molar-refractivity contribution in [3.8, 4) is 0 Å². The SMILES string of the molecule is CC1SC(C)C(C)(O)SC1C. The van der Waals surface area contributed by atoms with Crippen LogP contribution in [-0.2, 0) is 0 Å². The third kappa shape index (κ3) is 2.07. The minimum Gasteiger partial charge on any atom is -0.379 e. The third-order valence-electron chi connectivity index (χ3n) is 2.26. The standard InChI is InChI=1S/C8H16OS2/c1-5-6(2)11-8(4,9)7(3)10-5/h5-7,9H,1-4H3. The zero-order chi connectivity index (χ0) is 8.65. The van der Waals surface area contributed by atoms with Crippen LogP contribution in [0.3, 0.4) is 0 Å². The van der Waals surface area contributed by atoms with E-state index >= 15 is 0 Å². The highest BCUT2D eigenvalue weighted by Gasteiger charge is 2.39. The summed E-state index contributed by atoms with van der Waals surface area (Å²) in [5, 5.41) is 11.4. The van der Waals surface area contributed by atoms with Crippen LogP contribution >= 0.6 is 23.5 Å². The van der Waals surface area contributed by atoms with Crippen molar-refractivity contribution in [2.45, 2.75) is 48.4 Å². The molecule has 1 aliphatic rings. The Kier molecular flexibility index (Phi) is 2.83. The molecule has 4 atom stereocenters. The summed E-state index contributed by atoms with van der Waals surface area (Å²) in [6.07, 6.45) is 0. The van der Waals surface area contributed by atoms with Gasteiger partial charge in [-0.15, -0.1) is 11.8 Å². The first-order valence-electron chi connectivity index (χ1n) is 3.99. The summed E-state index contributed by atoms with van der Waals surface area (Å²) in [6.45, 7) is 8.43. The Balaban J connectivity index is 2.63. The second kappa shape index (κ2) is 3.19. The van der Waals surface area contributed by atoms with Gasteiger partial charge in [-0.3, -0.25) is 0 Å². The van der Waals surface area contributed by atoms with Gasteiger partial charge in [0.1, 0.15) is 4.93 Å². The summed E-state index contributed by atoms with van der Waals surface area (Å²) in [4.78, 5) is -0.531. The summed E-state index contributed by atoms with van der Waals surface area (Å²) in [6, 6.07) is 0. The molecule has 1 saturated heterocycles. The Morgan fingerprint density at radius 2 is 1.73 bits per heavy atom. The molecule has 11 heavy (non-hydrogen) atoms. The van der Waals surface area contributed by atoms with Crippen molar-refractivity contribution in [1.82, 2.24) is 0 Å². The van der Waals surface area contributed by atoms with Crippen LogP contribution in [0.4, 0.5) is 0 Å². The lowest BCUT2D eigenvalue weighted by atomic mass is 10.3. The van der Waals surface area contributed by atoms with Crippen molar-refractivity contribution in [2.24, 2.45) is 0 Å². The molecule has 0 aliphatic carbocycles. The minimum atomic E-state index is -0.531. The number of aliphatic hydroxyl groups is 1. The zero-order valence-corrected chi connectivity index (χ0v) is 9.13. The van der Waals surface area contributed by atoms with Crippen LogP contribution in [0.5, 0.6) is 0 Å². The van der Waals surface area contributed by atoms with Crippen LogP contribution in [0.2, 0.25) is 0 Å². The lowest BCUT2D eigenvalue weighted by Gasteiger charge is -2.40. The van der Waals surface area contributed by atoms with Gasteiger partial charge in [-0.1, -0.05) is 13.8 Å². The van der Waals surface area contributed by atoms with Crippen molar-refractivity contribution < 1.29 is 5.11 Å². The summed E-state index contributed by atoms with van der Waals surface area (Å²) in [5.74, 6) is 0. The first kappa shape index (κ1) is 9.75. The van der Waals surface area contributed by atoms with Gasteiger partial charge >= 0.3 is 0 Å². The number of hydrogen-bond acceptors (Lipinski definition) is 3. The van der Waals surface area contributed by atoms with Gasteiger partial charge in [0.2, 0.25) is 0 Å². The molecule has 0 aromatic carbocycles. The molecule has 1 fully saturated rings. The van der Waals surface area contributed by atoms with E-state index in [9.17, 15) is 5.11 Å². The molecule has 0 aromatic rings. The van der Waals surface area contributed by atoms with Crippen molar-refractivity contribution in [2.75, 3.05) is 0 Å². The highest BCUT2D eigenvalue weighted by Crippen LogP contribution is 2.45. The third-order valence-corrected chi connectivity index (χ3v) is 5.90. The van der Waals surface area contributed by atoms with Crippen LogP contribution in [0.1, 0.15) is 27.7 Å². The van der Waals surface area contributed by atoms with Crippen molar-refractivity contribution in [3.63, 3.8) is 0 Å². The Labute approximate surface area is 77.3 Å². The fraction of sp³-hybridized carbons (Fsp3) is 1.00. The predicted molar refractivity (Wildman–Crippen MR) is 54.2 cm³/mol. The van der Waals surface area contributed by atoms with E-state index in [0.717, 1.165) is 0 Å². The van der Waals surface area contributed by atoms with Gasteiger partial charge in [0, 0.05) is 15.7 Å². The normalized spacial score (nSPS) is 52.6. The molecular formula is C8H16OS2. The monoisotopic (exact) mass is 192 g/mol. The fourth-order valence-electron chi connectivity index (χ4n) is 1.13. The molecule has 0 bridgehead atoms. The molecule has 0 radical (unpaired) electrons. The van der Waals surface area contributed by atoms with Crippen molar-refractivity contribution >= 4 is 23.5 Å². The lowest BCUT2D eigenvalue weighted by Crippen LogP contribution is -2.41. The van der Waals surface area contributed by atoms with E-state index in [2.05, 4.69) is 20.8 Å². The lowest BCUT2D eigenvalue weighted by molar-refractivity contribution is 0.157. The maximum atomic E-state index is 9.87. The molecule has 1 heterocycles. The van der Waals surface area contributed by atoms with Crippen LogP contribution < -0.4 is 0 Å². The van der Waals surface area contributed by atoms with Crippen LogP contribution in [-0.4, -0.2) is 25.8 Å². The Morgan fingerprint density at radius 1 is 1.18 bits per heavy atom. The molecule has 1 rings (SSSR count).